The lowest BCUT2D eigenvalue weighted by molar-refractivity contribution is -0.143. The molecule has 0 unspecified atom stereocenters. The van der Waals surface area contributed by atoms with Gasteiger partial charge >= 0.3 is 6.18 Å². The zero-order valence-electron chi connectivity index (χ0n) is 12.9. The van der Waals surface area contributed by atoms with E-state index in [1.54, 1.807) is 0 Å². The molecule has 6 nitrogen and oxygen atoms in total. The quantitative estimate of drug-likeness (QED) is 0.887. The van der Waals surface area contributed by atoms with Crippen molar-refractivity contribution in [3.8, 4) is 0 Å². The molecular formula is C15H18F3N5O. The molecule has 0 saturated carbocycles. The van der Waals surface area contributed by atoms with Crippen molar-refractivity contribution >= 4 is 0 Å². The maximum absolute atomic E-state index is 12.5. The molecule has 3 rings (SSSR count). The number of benzene rings is 1. The molecule has 0 radical (unpaired) electrons. The number of β-amino-alcohol motifs (C(OH)–C–C–N with tert-alkyl or cyclic N) is 1. The lowest BCUT2D eigenvalue weighted by atomic mass is 9.97. The summed E-state index contributed by atoms with van der Waals surface area (Å²) in [5, 5.41) is 20.6. The van der Waals surface area contributed by atoms with Gasteiger partial charge < -0.3 is 5.11 Å². The highest BCUT2D eigenvalue weighted by Crippen LogP contribution is 2.23. The van der Waals surface area contributed by atoms with Crippen molar-refractivity contribution in [3.63, 3.8) is 0 Å². The van der Waals surface area contributed by atoms with Crippen LogP contribution in [0.5, 0.6) is 0 Å². The second-order valence-electron chi connectivity index (χ2n) is 6.08. The molecule has 130 valence electrons. The molecule has 1 aromatic heterocycles. The van der Waals surface area contributed by atoms with Crippen LogP contribution in [0.15, 0.2) is 30.3 Å². The number of aromatic nitrogens is 4. The fourth-order valence-corrected chi connectivity index (χ4v) is 3.02. The van der Waals surface area contributed by atoms with Crippen molar-refractivity contribution in [2.45, 2.75) is 31.8 Å². The van der Waals surface area contributed by atoms with Crippen LogP contribution >= 0.6 is 0 Å². The number of aliphatic hydroxyl groups excluding tert-OH is 1. The van der Waals surface area contributed by atoms with Crippen molar-refractivity contribution in [1.82, 2.24) is 25.1 Å². The molecule has 2 aromatic rings. The lowest BCUT2D eigenvalue weighted by Crippen LogP contribution is -2.26. The van der Waals surface area contributed by atoms with Gasteiger partial charge in [0.2, 0.25) is 0 Å². The molecule has 0 spiro atoms. The number of hydrogen-bond donors (Lipinski definition) is 1. The average molecular weight is 341 g/mol. The first-order valence-corrected chi connectivity index (χ1v) is 7.67. The minimum atomic E-state index is -4.37. The van der Waals surface area contributed by atoms with E-state index in [0.29, 0.717) is 13.1 Å². The number of alkyl halides is 3. The zero-order valence-corrected chi connectivity index (χ0v) is 12.9. The van der Waals surface area contributed by atoms with E-state index >= 15 is 0 Å². The SMILES string of the molecule is O[C@@H]1CN(Cc2nnnn2CC(F)(F)F)C[C@H]1Cc1ccccc1. The second-order valence-corrected chi connectivity index (χ2v) is 6.08. The molecule has 9 heteroatoms. The predicted molar refractivity (Wildman–Crippen MR) is 78.8 cm³/mol. The third-order valence-electron chi connectivity index (χ3n) is 4.12. The maximum atomic E-state index is 12.5. The van der Waals surface area contributed by atoms with Crippen molar-refractivity contribution < 1.29 is 18.3 Å². The van der Waals surface area contributed by atoms with Gasteiger partial charge in [-0.3, -0.25) is 4.90 Å². The Morgan fingerprint density at radius 1 is 1.17 bits per heavy atom. The smallest absolute Gasteiger partial charge is 0.391 e. The summed E-state index contributed by atoms with van der Waals surface area (Å²) in [5.74, 6) is 0.194. The maximum Gasteiger partial charge on any atom is 0.408 e. The van der Waals surface area contributed by atoms with Gasteiger partial charge in [0.05, 0.1) is 12.6 Å². The van der Waals surface area contributed by atoms with Gasteiger partial charge in [-0.15, -0.1) is 5.10 Å². The van der Waals surface area contributed by atoms with E-state index in [0.717, 1.165) is 16.7 Å². The molecular weight excluding hydrogens is 323 g/mol. The van der Waals surface area contributed by atoms with Crippen LogP contribution in [0.1, 0.15) is 11.4 Å². The summed E-state index contributed by atoms with van der Waals surface area (Å²) in [4.78, 5) is 1.89. The molecule has 1 aliphatic heterocycles. The Balaban J connectivity index is 1.61. The number of rotatable bonds is 5. The van der Waals surface area contributed by atoms with Gasteiger partial charge in [0.1, 0.15) is 6.54 Å². The van der Waals surface area contributed by atoms with Crippen LogP contribution in [-0.4, -0.2) is 55.6 Å². The van der Waals surface area contributed by atoms with Crippen LogP contribution in [0, 0.1) is 5.92 Å². The number of likely N-dealkylation sites (tertiary alicyclic amines) is 1. The first kappa shape index (κ1) is 16.8. The highest BCUT2D eigenvalue weighted by Gasteiger charge is 2.34. The van der Waals surface area contributed by atoms with Gasteiger partial charge in [0.15, 0.2) is 5.82 Å². The van der Waals surface area contributed by atoms with E-state index in [2.05, 4.69) is 15.5 Å². The largest absolute Gasteiger partial charge is 0.408 e. The average Bonchev–Trinajstić information content (AvgIpc) is 3.06. The standard InChI is InChI=1S/C15H18F3N5O/c16-15(17,18)10-23-14(19-20-21-23)9-22-7-12(13(24)8-22)6-11-4-2-1-3-5-11/h1-5,12-13,24H,6-10H2/t12-,13-/m1/s1. The summed E-state index contributed by atoms with van der Waals surface area (Å²) in [5.41, 5.74) is 1.13. The van der Waals surface area contributed by atoms with Crippen LogP contribution in [0.25, 0.3) is 0 Å². The van der Waals surface area contributed by atoms with Crippen molar-refractivity contribution in [1.29, 1.82) is 0 Å². The molecule has 2 heterocycles. The van der Waals surface area contributed by atoms with E-state index in [1.807, 2.05) is 35.2 Å². The zero-order chi connectivity index (χ0) is 17.2. The van der Waals surface area contributed by atoms with E-state index in [9.17, 15) is 18.3 Å². The molecule has 24 heavy (non-hydrogen) atoms. The topological polar surface area (TPSA) is 67.1 Å². The van der Waals surface area contributed by atoms with Crippen LogP contribution in [-0.2, 0) is 19.5 Å². The number of tetrazole rings is 1. The fourth-order valence-electron chi connectivity index (χ4n) is 3.02. The number of aliphatic hydroxyl groups is 1. The third-order valence-corrected chi connectivity index (χ3v) is 4.12. The first-order chi connectivity index (χ1) is 11.4. The molecule has 0 amide bonds. The van der Waals surface area contributed by atoms with E-state index < -0.39 is 18.8 Å². The Bertz CT molecular complexity index is 661. The van der Waals surface area contributed by atoms with E-state index in [4.69, 9.17) is 0 Å². The number of hydrogen-bond acceptors (Lipinski definition) is 5. The van der Waals surface area contributed by atoms with Crippen LogP contribution in [0.3, 0.4) is 0 Å². The highest BCUT2D eigenvalue weighted by molar-refractivity contribution is 5.16. The summed E-state index contributed by atoms with van der Waals surface area (Å²) in [6.45, 7) is -0.0318. The first-order valence-electron chi connectivity index (χ1n) is 7.67. The van der Waals surface area contributed by atoms with Crippen molar-refractivity contribution in [2.75, 3.05) is 13.1 Å². The molecule has 0 aliphatic carbocycles. The van der Waals surface area contributed by atoms with Crippen LogP contribution in [0.2, 0.25) is 0 Å². The Labute approximate surface area is 136 Å². The van der Waals surface area contributed by atoms with Gasteiger partial charge in [-0.1, -0.05) is 30.3 Å². The van der Waals surface area contributed by atoms with Crippen LogP contribution in [0.4, 0.5) is 13.2 Å². The summed E-state index contributed by atoms with van der Waals surface area (Å²) in [6.07, 6.45) is -4.16. The molecule has 1 aliphatic rings. The van der Waals surface area contributed by atoms with Crippen molar-refractivity contribution in [2.24, 2.45) is 5.92 Å². The Hall–Kier alpha value is -2.00. The normalized spacial score (nSPS) is 22.2. The predicted octanol–water partition coefficient (Wildman–Crippen LogP) is 1.27. The monoisotopic (exact) mass is 341 g/mol. The Kier molecular flexibility index (Phi) is 4.81. The molecule has 1 saturated heterocycles. The molecule has 1 N–H and O–H groups in total. The molecule has 1 aromatic carbocycles. The van der Waals surface area contributed by atoms with E-state index in [-0.39, 0.29) is 18.3 Å². The fraction of sp³-hybridized carbons (Fsp3) is 0.533. The minimum Gasteiger partial charge on any atom is -0.391 e. The van der Waals surface area contributed by atoms with Gasteiger partial charge in [-0.2, -0.15) is 13.2 Å². The Morgan fingerprint density at radius 2 is 1.92 bits per heavy atom. The minimum absolute atomic E-state index is 0.0411. The number of nitrogens with zero attached hydrogens (tertiary/aromatic N) is 5. The van der Waals surface area contributed by atoms with E-state index in [1.165, 1.54) is 0 Å². The van der Waals surface area contributed by atoms with Gasteiger partial charge in [0, 0.05) is 19.0 Å². The van der Waals surface area contributed by atoms with Crippen molar-refractivity contribution in [3.05, 3.63) is 41.7 Å². The molecule has 0 bridgehead atoms. The van der Waals surface area contributed by atoms with Gasteiger partial charge in [-0.05, 0) is 22.4 Å². The Morgan fingerprint density at radius 3 is 2.62 bits per heavy atom. The molecule has 2 atom stereocenters. The molecule has 1 fully saturated rings. The lowest BCUT2D eigenvalue weighted by Gasteiger charge is -2.15. The second kappa shape index (κ2) is 6.86. The van der Waals surface area contributed by atoms with Gasteiger partial charge in [0.25, 0.3) is 0 Å². The van der Waals surface area contributed by atoms with Crippen LogP contribution < -0.4 is 0 Å². The van der Waals surface area contributed by atoms with Gasteiger partial charge in [-0.25, -0.2) is 4.68 Å². The number of halogens is 3. The summed E-state index contributed by atoms with van der Waals surface area (Å²) < 4.78 is 38.3. The summed E-state index contributed by atoms with van der Waals surface area (Å²) >= 11 is 0. The summed E-state index contributed by atoms with van der Waals surface area (Å²) in [7, 11) is 0. The third kappa shape index (κ3) is 4.30. The highest BCUT2D eigenvalue weighted by atomic mass is 19.4. The summed E-state index contributed by atoms with van der Waals surface area (Å²) in [6, 6.07) is 9.82.